The SMILES string of the molecule is C#CC.C=C1c2ccc(C(C)(C)C)cc2C=CN1c1cccc(C(C)C)c1CC.CC. The predicted octanol–water partition coefficient (Wildman–Crippen LogP) is 8.80. The van der Waals surface area contributed by atoms with Gasteiger partial charge in [0.1, 0.15) is 0 Å². The van der Waals surface area contributed by atoms with Crippen LogP contribution in [0.25, 0.3) is 11.8 Å². The second-order valence-electron chi connectivity index (χ2n) is 8.83. The molecule has 0 fully saturated rings. The van der Waals surface area contributed by atoms with Crippen molar-refractivity contribution in [3.8, 4) is 12.3 Å². The molecule has 31 heavy (non-hydrogen) atoms. The van der Waals surface area contributed by atoms with Gasteiger partial charge in [0.05, 0.1) is 0 Å². The Balaban J connectivity index is 0.000000884. The first-order valence-electron chi connectivity index (χ1n) is 11.5. The smallest absolute Gasteiger partial charge is 0.0490 e. The van der Waals surface area contributed by atoms with Crippen LogP contribution in [-0.2, 0) is 11.8 Å². The van der Waals surface area contributed by atoms with Crippen LogP contribution in [0.15, 0.2) is 49.2 Å². The van der Waals surface area contributed by atoms with Crippen molar-refractivity contribution in [3.63, 3.8) is 0 Å². The van der Waals surface area contributed by atoms with Gasteiger partial charge in [-0.15, -0.1) is 12.3 Å². The molecule has 0 amide bonds. The lowest BCUT2D eigenvalue weighted by molar-refractivity contribution is 0.590. The van der Waals surface area contributed by atoms with E-state index >= 15 is 0 Å². The molecule has 2 aromatic carbocycles. The Bertz CT molecular complexity index is 945. The maximum Gasteiger partial charge on any atom is 0.0490 e. The fourth-order valence-electron chi connectivity index (χ4n) is 3.77. The van der Waals surface area contributed by atoms with E-state index in [0.29, 0.717) is 5.92 Å². The zero-order chi connectivity index (χ0) is 23.8. The van der Waals surface area contributed by atoms with Gasteiger partial charge in [0.25, 0.3) is 0 Å². The maximum absolute atomic E-state index is 4.60. The molecule has 0 spiro atoms. The number of benzene rings is 2. The summed E-state index contributed by atoms with van der Waals surface area (Å²) in [7, 11) is 0. The van der Waals surface area contributed by atoms with Crippen LogP contribution < -0.4 is 4.90 Å². The monoisotopic (exact) mass is 415 g/mol. The van der Waals surface area contributed by atoms with Gasteiger partial charge in [-0.2, -0.15) is 0 Å². The van der Waals surface area contributed by atoms with E-state index in [4.69, 9.17) is 0 Å². The molecule has 1 aliphatic heterocycles. The zero-order valence-corrected chi connectivity index (χ0v) is 21.1. The van der Waals surface area contributed by atoms with E-state index in [1.54, 1.807) is 6.92 Å². The van der Waals surface area contributed by atoms with Gasteiger partial charge in [-0.1, -0.05) is 92.3 Å². The Morgan fingerprint density at radius 1 is 1.10 bits per heavy atom. The molecule has 0 N–H and O–H groups in total. The molecule has 0 bridgehead atoms. The number of fused-ring (bicyclic) bond motifs is 1. The third-order valence-electron chi connectivity index (χ3n) is 5.35. The molecule has 166 valence electrons. The van der Waals surface area contributed by atoms with E-state index < -0.39 is 0 Å². The van der Waals surface area contributed by atoms with Crippen LogP contribution in [-0.4, -0.2) is 0 Å². The highest BCUT2D eigenvalue weighted by atomic mass is 15.1. The van der Waals surface area contributed by atoms with Crippen molar-refractivity contribution in [2.24, 2.45) is 0 Å². The topological polar surface area (TPSA) is 3.24 Å². The summed E-state index contributed by atoms with van der Waals surface area (Å²) in [5.74, 6) is 2.77. The summed E-state index contributed by atoms with van der Waals surface area (Å²) < 4.78 is 0. The molecule has 0 saturated heterocycles. The van der Waals surface area contributed by atoms with E-state index in [9.17, 15) is 0 Å². The molecule has 1 heterocycles. The molecule has 0 atom stereocenters. The number of terminal acetylenes is 1. The van der Waals surface area contributed by atoms with Gasteiger partial charge in [-0.3, -0.25) is 0 Å². The first kappa shape index (κ1) is 26.3. The normalized spacial score (nSPS) is 12.3. The molecule has 0 unspecified atom stereocenters. The largest absolute Gasteiger partial charge is 0.317 e. The number of hydrogen-bond acceptors (Lipinski definition) is 1. The second-order valence-corrected chi connectivity index (χ2v) is 8.83. The van der Waals surface area contributed by atoms with E-state index in [1.165, 1.54) is 33.5 Å². The van der Waals surface area contributed by atoms with Crippen molar-refractivity contribution < 1.29 is 0 Å². The van der Waals surface area contributed by atoms with Gasteiger partial charge in [0.2, 0.25) is 0 Å². The Labute approximate surface area is 191 Å². The lowest BCUT2D eigenvalue weighted by Gasteiger charge is -2.31. The first-order chi connectivity index (χ1) is 14.6. The van der Waals surface area contributed by atoms with Crippen LogP contribution in [0.2, 0.25) is 0 Å². The van der Waals surface area contributed by atoms with E-state index in [-0.39, 0.29) is 5.41 Å². The summed E-state index contributed by atoms with van der Waals surface area (Å²) in [4.78, 5) is 2.25. The predicted molar refractivity (Wildman–Crippen MR) is 141 cm³/mol. The minimum Gasteiger partial charge on any atom is -0.317 e. The molecule has 1 heteroatoms. The molecule has 3 rings (SSSR count). The van der Waals surface area contributed by atoms with Gasteiger partial charge in [0.15, 0.2) is 0 Å². The lowest BCUT2D eigenvalue weighted by atomic mass is 9.84. The van der Waals surface area contributed by atoms with E-state index in [2.05, 4.69) is 114 Å². The summed E-state index contributed by atoms with van der Waals surface area (Å²) in [6.07, 6.45) is 10.0. The molecule has 0 saturated carbocycles. The molecule has 1 nitrogen and oxygen atoms in total. The highest BCUT2D eigenvalue weighted by molar-refractivity contribution is 5.90. The quantitative estimate of drug-likeness (QED) is 0.453. The summed E-state index contributed by atoms with van der Waals surface area (Å²) in [5, 5.41) is 0. The Kier molecular flexibility index (Phi) is 9.86. The van der Waals surface area contributed by atoms with Crippen molar-refractivity contribution >= 4 is 17.5 Å². The molecule has 1 aliphatic rings. The first-order valence-corrected chi connectivity index (χ1v) is 11.5. The van der Waals surface area contributed by atoms with Gasteiger partial charge in [0, 0.05) is 23.1 Å². The van der Waals surface area contributed by atoms with Crippen LogP contribution in [0.3, 0.4) is 0 Å². The minimum absolute atomic E-state index is 0.155. The lowest BCUT2D eigenvalue weighted by Crippen LogP contribution is -2.20. The van der Waals surface area contributed by atoms with Crippen LogP contribution in [0.1, 0.15) is 96.0 Å². The van der Waals surface area contributed by atoms with Crippen molar-refractivity contribution in [1.29, 1.82) is 0 Å². The summed E-state index contributed by atoms with van der Waals surface area (Å²) in [6, 6.07) is 13.4. The third kappa shape index (κ3) is 6.14. The average Bonchev–Trinajstić information content (AvgIpc) is 2.74. The van der Waals surface area contributed by atoms with Gasteiger partial charge in [-0.05, 0) is 59.1 Å². The molecular weight excluding hydrogens is 374 g/mol. The standard InChI is InChI=1S/C25H31N.C3H4.C2H6/c1-8-21-22(17(2)3)10-9-11-24(21)26-15-14-19-16-20(25(5,6)7)12-13-23(19)18(26)4;1-3-2;1-2/h9-17H,4,8H2,1-3,5-7H3;1H,2H3;1-2H3. The molecule has 2 aromatic rings. The molecule has 0 radical (unpaired) electrons. The van der Waals surface area contributed by atoms with Crippen LogP contribution in [0.5, 0.6) is 0 Å². The van der Waals surface area contributed by atoms with Gasteiger partial charge in [-0.25, -0.2) is 0 Å². The Morgan fingerprint density at radius 2 is 1.71 bits per heavy atom. The summed E-state index contributed by atoms with van der Waals surface area (Å²) >= 11 is 0. The van der Waals surface area contributed by atoms with Crippen LogP contribution in [0.4, 0.5) is 5.69 Å². The van der Waals surface area contributed by atoms with Crippen molar-refractivity contribution in [2.75, 3.05) is 4.90 Å². The van der Waals surface area contributed by atoms with Crippen molar-refractivity contribution in [2.45, 2.75) is 80.1 Å². The van der Waals surface area contributed by atoms with Crippen LogP contribution in [0, 0.1) is 12.3 Å². The van der Waals surface area contributed by atoms with Gasteiger partial charge < -0.3 is 4.90 Å². The number of hydrogen-bond donors (Lipinski definition) is 0. The molecular formula is C30H41N. The fraction of sp³-hybridized carbons (Fsp3) is 0.400. The molecule has 0 aromatic heterocycles. The fourth-order valence-corrected chi connectivity index (χ4v) is 3.77. The van der Waals surface area contributed by atoms with Gasteiger partial charge >= 0.3 is 0 Å². The van der Waals surface area contributed by atoms with E-state index in [0.717, 1.165) is 12.1 Å². The highest BCUT2D eigenvalue weighted by Gasteiger charge is 2.22. The van der Waals surface area contributed by atoms with Crippen LogP contribution >= 0.6 is 0 Å². The number of anilines is 1. The molecule has 0 aliphatic carbocycles. The zero-order valence-electron chi connectivity index (χ0n) is 21.1. The van der Waals surface area contributed by atoms with Crippen molar-refractivity contribution in [1.82, 2.24) is 0 Å². The van der Waals surface area contributed by atoms with E-state index in [1.807, 2.05) is 13.8 Å². The average molecular weight is 416 g/mol. The Morgan fingerprint density at radius 3 is 2.23 bits per heavy atom. The summed E-state index contributed by atoms with van der Waals surface area (Å²) in [6.45, 7) is 23.6. The minimum atomic E-state index is 0.155. The number of nitrogens with zero attached hydrogens (tertiary/aromatic N) is 1. The summed E-state index contributed by atoms with van der Waals surface area (Å²) in [5.41, 5.74) is 9.15. The second kappa shape index (κ2) is 11.6. The third-order valence-corrected chi connectivity index (χ3v) is 5.35. The number of rotatable bonds is 3. The highest BCUT2D eigenvalue weighted by Crippen LogP contribution is 2.38. The Hall–Kier alpha value is -2.72. The van der Waals surface area contributed by atoms with Crippen molar-refractivity contribution in [3.05, 3.63) is 77.0 Å². The maximum atomic E-state index is 4.60.